The number of benzene rings is 1. The minimum Gasteiger partial charge on any atom is -0.480 e. The van der Waals surface area contributed by atoms with Gasteiger partial charge in [-0.1, -0.05) is 31.2 Å². The first-order valence-corrected chi connectivity index (χ1v) is 9.67. The Morgan fingerprint density at radius 1 is 1.23 bits per heavy atom. The fraction of sp³-hybridized carbons (Fsp3) is 0.619. The molecule has 2 atom stereocenters. The van der Waals surface area contributed by atoms with Crippen LogP contribution in [0.25, 0.3) is 0 Å². The molecule has 26 heavy (non-hydrogen) atoms. The highest BCUT2D eigenvalue weighted by atomic mass is 16.4. The molecular formula is C21H30N2O3. The van der Waals surface area contributed by atoms with Crippen molar-refractivity contribution in [2.75, 3.05) is 26.7 Å². The van der Waals surface area contributed by atoms with Crippen molar-refractivity contribution >= 4 is 11.9 Å². The van der Waals surface area contributed by atoms with Crippen molar-refractivity contribution in [3.63, 3.8) is 0 Å². The number of rotatable bonds is 4. The second-order valence-corrected chi connectivity index (χ2v) is 8.19. The third-order valence-electron chi connectivity index (χ3n) is 6.15. The Bertz CT molecular complexity index is 675. The molecule has 2 aliphatic rings. The molecular weight excluding hydrogens is 328 g/mol. The molecule has 1 saturated heterocycles. The highest BCUT2D eigenvalue weighted by Gasteiger charge is 2.40. The first kappa shape index (κ1) is 18.9. The number of fused-ring (bicyclic) bond motifs is 1. The second-order valence-electron chi connectivity index (χ2n) is 8.19. The van der Waals surface area contributed by atoms with E-state index in [2.05, 4.69) is 31.2 Å². The Hall–Kier alpha value is -1.88. The molecule has 0 aromatic heterocycles. The van der Waals surface area contributed by atoms with E-state index >= 15 is 0 Å². The zero-order valence-corrected chi connectivity index (χ0v) is 15.9. The predicted octanol–water partition coefficient (Wildman–Crippen LogP) is 2.58. The number of hydrogen-bond acceptors (Lipinski definition) is 3. The third kappa shape index (κ3) is 4.09. The summed E-state index contributed by atoms with van der Waals surface area (Å²) in [4.78, 5) is 28.2. The van der Waals surface area contributed by atoms with E-state index in [1.165, 1.54) is 11.1 Å². The zero-order chi connectivity index (χ0) is 18.7. The summed E-state index contributed by atoms with van der Waals surface area (Å²) >= 11 is 0. The molecule has 2 unspecified atom stereocenters. The van der Waals surface area contributed by atoms with Crippen molar-refractivity contribution < 1.29 is 14.7 Å². The van der Waals surface area contributed by atoms with Gasteiger partial charge >= 0.3 is 5.97 Å². The molecule has 5 heteroatoms. The number of aryl methyl sites for hydroxylation is 1. The number of likely N-dealkylation sites (tertiary alicyclic amines) is 1. The molecule has 1 aromatic rings. The van der Waals surface area contributed by atoms with Gasteiger partial charge in [0.1, 0.15) is 0 Å². The predicted molar refractivity (Wildman–Crippen MR) is 101 cm³/mol. The van der Waals surface area contributed by atoms with Crippen molar-refractivity contribution in [3.8, 4) is 0 Å². The lowest BCUT2D eigenvalue weighted by Gasteiger charge is -2.38. The molecule has 1 N–H and O–H groups in total. The summed E-state index contributed by atoms with van der Waals surface area (Å²) in [6.45, 7) is 3.69. The van der Waals surface area contributed by atoms with Crippen LogP contribution in [-0.2, 0) is 22.4 Å². The minimum absolute atomic E-state index is 0.0626. The van der Waals surface area contributed by atoms with E-state index in [0.29, 0.717) is 0 Å². The molecule has 0 saturated carbocycles. The monoisotopic (exact) mass is 358 g/mol. The van der Waals surface area contributed by atoms with Crippen LogP contribution < -0.4 is 0 Å². The molecule has 1 heterocycles. The molecule has 0 bridgehead atoms. The minimum atomic E-state index is -0.793. The molecule has 142 valence electrons. The Morgan fingerprint density at radius 3 is 2.69 bits per heavy atom. The van der Waals surface area contributed by atoms with Crippen LogP contribution in [0.2, 0.25) is 0 Å². The van der Waals surface area contributed by atoms with Crippen molar-refractivity contribution in [2.45, 2.75) is 51.5 Å². The molecule has 1 aliphatic heterocycles. The number of carbonyl (C=O) groups excluding carboxylic acids is 1. The topological polar surface area (TPSA) is 60.9 Å². The molecule has 1 amide bonds. The average molecular weight is 358 g/mol. The molecule has 1 fully saturated rings. The summed E-state index contributed by atoms with van der Waals surface area (Å²) in [6, 6.07) is 8.70. The maximum atomic E-state index is 13.3. The SMILES string of the molecule is CN(CC(=O)O)C1CCCN(C(=O)C2(C)CCc3ccccc3C2)CC1. The Labute approximate surface area is 156 Å². The van der Waals surface area contributed by atoms with Gasteiger partial charge in [-0.3, -0.25) is 14.5 Å². The highest BCUT2D eigenvalue weighted by Crippen LogP contribution is 2.37. The van der Waals surface area contributed by atoms with Crippen LogP contribution in [0.1, 0.15) is 43.7 Å². The van der Waals surface area contributed by atoms with Crippen LogP contribution >= 0.6 is 0 Å². The van der Waals surface area contributed by atoms with Gasteiger partial charge in [0.25, 0.3) is 0 Å². The highest BCUT2D eigenvalue weighted by molar-refractivity contribution is 5.83. The van der Waals surface area contributed by atoms with Gasteiger partial charge in [-0.05, 0) is 56.7 Å². The Kier molecular flexibility index (Phi) is 5.66. The van der Waals surface area contributed by atoms with Crippen LogP contribution in [-0.4, -0.2) is 59.5 Å². The van der Waals surface area contributed by atoms with E-state index in [0.717, 1.165) is 51.6 Å². The lowest BCUT2D eigenvalue weighted by atomic mass is 9.72. The summed E-state index contributed by atoms with van der Waals surface area (Å²) in [6.07, 6.45) is 5.43. The smallest absolute Gasteiger partial charge is 0.317 e. The normalized spacial score (nSPS) is 26.3. The summed E-state index contributed by atoms with van der Waals surface area (Å²) in [5.41, 5.74) is 2.37. The van der Waals surface area contributed by atoms with Gasteiger partial charge in [0.15, 0.2) is 0 Å². The van der Waals surface area contributed by atoms with Crippen LogP contribution in [0.3, 0.4) is 0 Å². The van der Waals surface area contributed by atoms with Crippen LogP contribution in [0, 0.1) is 5.41 Å². The molecule has 5 nitrogen and oxygen atoms in total. The quantitative estimate of drug-likeness (QED) is 0.899. The first-order valence-electron chi connectivity index (χ1n) is 9.67. The molecule has 1 aromatic carbocycles. The second kappa shape index (κ2) is 7.78. The number of carboxylic acid groups (broad SMARTS) is 1. The lowest BCUT2D eigenvalue weighted by molar-refractivity contribution is -0.142. The summed E-state index contributed by atoms with van der Waals surface area (Å²) in [5, 5.41) is 9.00. The number of hydrogen-bond donors (Lipinski definition) is 1. The van der Waals surface area contributed by atoms with Gasteiger partial charge in [-0.15, -0.1) is 0 Å². The number of amides is 1. The Balaban J connectivity index is 1.64. The summed E-state index contributed by atoms with van der Waals surface area (Å²) in [5.74, 6) is -0.522. The third-order valence-corrected chi connectivity index (χ3v) is 6.15. The fourth-order valence-electron chi connectivity index (χ4n) is 4.52. The number of aliphatic carboxylic acids is 1. The van der Waals surface area contributed by atoms with Gasteiger partial charge in [-0.2, -0.15) is 0 Å². The first-order chi connectivity index (χ1) is 12.4. The van der Waals surface area contributed by atoms with Crippen LogP contribution in [0.5, 0.6) is 0 Å². The Morgan fingerprint density at radius 2 is 1.96 bits per heavy atom. The molecule has 3 rings (SSSR count). The molecule has 0 radical (unpaired) electrons. The van der Waals surface area contributed by atoms with E-state index in [-0.39, 0.29) is 23.9 Å². The number of carbonyl (C=O) groups is 2. The number of carboxylic acids is 1. The van der Waals surface area contributed by atoms with E-state index in [9.17, 15) is 9.59 Å². The van der Waals surface area contributed by atoms with E-state index in [1.807, 2.05) is 16.8 Å². The largest absolute Gasteiger partial charge is 0.480 e. The summed E-state index contributed by atoms with van der Waals surface area (Å²) < 4.78 is 0. The van der Waals surface area contributed by atoms with E-state index < -0.39 is 5.97 Å². The standard InChI is InChI=1S/C21H30N2O3/c1-21(11-9-16-6-3-4-7-17(16)14-21)20(26)23-12-5-8-18(10-13-23)22(2)15-19(24)25/h3-4,6-7,18H,5,8-15H2,1-2H3,(H,24,25). The molecule has 0 spiro atoms. The van der Waals surface area contributed by atoms with Gasteiger partial charge in [0.2, 0.25) is 5.91 Å². The fourth-order valence-corrected chi connectivity index (χ4v) is 4.52. The summed E-state index contributed by atoms with van der Waals surface area (Å²) in [7, 11) is 1.87. The van der Waals surface area contributed by atoms with Crippen LogP contribution in [0.4, 0.5) is 0 Å². The number of likely N-dealkylation sites (N-methyl/N-ethyl adjacent to an activating group) is 1. The van der Waals surface area contributed by atoms with Crippen molar-refractivity contribution in [3.05, 3.63) is 35.4 Å². The van der Waals surface area contributed by atoms with E-state index in [1.54, 1.807) is 0 Å². The lowest BCUT2D eigenvalue weighted by Crippen LogP contribution is -2.46. The molecule has 1 aliphatic carbocycles. The van der Waals surface area contributed by atoms with Crippen molar-refractivity contribution in [2.24, 2.45) is 5.41 Å². The average Bonchev–Trinajstić information content (AvgIpc) is 2.86. The van der Waals surface area contributed by atoms with E-state index in [4.69, 9.17) is 5.11 Å². The van der Waals surface area contributed by atoms with Gasteiger partial charge < -0.3 is 10.0 Å². The van der Waals surface area contributed by atoms with Gasteiger partial charge in [0.05, 0.1) is 12.0 Å². The zero-order valence-electron chi connectivity index (χ0n) is 15.9. The van der Waals surface area contributed by atoms with Crippen LogP contribution in [0.15, 0.2) is 24.3 Å². The number of nitrogens with zero attached hydrogens (tertiary/aromatic N) is 2. The maximum Gasteiger partial charge on any atom is 0.317 e. The van der Waals surface area contributed by atoms with Gasteiger partial charge in [-0.25, -0.2) is 0 Å². The van der Waals surface area contributed by atoms with Gasteiger partial charge in [0, 0.05) is 19.1 Å². The maximum absolute atomic E-state index is 13.3. The van der Waals surface area contributed by atoms with Crippen molar-refractivity contribution in [1.29, 1.82) is 0 Å². The van der Waals surface area contributed by atoms with Crippen molar-refractivity contribution in [1.82, 2.24) is 9.80 Å².